The molecule has 0 fully saturated rings. The van der Waals surface area contributed by atoms with E-state index >= 15 is 0 Å². The molecule has 1 aliphatic heterocycles. The number of hydrogen-bond acceptors (Lipinski definition) is 2. The van der Waals surface area contributed by atoms with Gasteiger partial charge in [-0.1, -0.05) is 48.5 Å². The van der Waals surface area contributed by atoms with Crippen molar-refractivity contribution in [3.63, 3.8) is 0 Å². The number of anilines is 2. The molecule has 0 saturated heterocycles. The van der Waals surface area contributed by atoms with Crippen LogP contribution >= 0.6 is 0 Å². The van der Waals surface area contributed by atoms with Crippen LogP contribution in [0.15, 0.2) is 66.7 Å². The van der Waals surface area contributed by atoms with E-state index in [2.05, 4.69) is 65.6 Å². The highest BCUT2D eigenvalue weighted by molar-refractivity contribution is 5.87. The average Bonchev–Trinajstić information content (AvgIpc) is 2.53. The van der Waals surface area contributed by atoms with Crippen LogP contribution in [0, 0.1) is 0 Å². The van der Waals surface area contributed by atoms with E-state index in [4.69, 9.17) is 0 Å². The molecule has 1 heterocycles. The van der Waals surface area contributed by atoms with Crippen LogP contribution in [0.3, 0.4) is 0 Å². The quantitative estimate of drug-likeness (QED) is 0.728. The fourth-order valence-corrected chi connectivity index (χ4v) is 3.16. The van der Waals surface area contributed by atoms with Crippen molar-refractivity contribution in [2.24, 2.45) is 0 Å². The van der Waals surface area contributed by atoms with Gasteiger partial charge in [0.2, 0.25) is 0 Å². The summed E-state index contributed by atoms with van der Waals surface area (Å²) in [5.74, 6) is 0. The third kappa shape index (κ3) is 2.18. The molecule has 1 atom stereocenters. The fourth-order valence-electron chi connectivity index (χ4n) is 3.16. The van der Waals surface area contributed by atoms with Crippen molar-refractivity contribution in [3.8, 4) is 0 Å². The highest BCUT2D eigenvalue weighted by Crippen LogP contribution is 2.34. The number of aliphatic hydroxyl groups excluding tert-OH is 1. The van der Waals surface area contributed by atoms with Crippen LogP contribution in [-0.2, 0) is 6.42 Å². The van der Waals surface area contributed by atoms with E-state index in [9.17, 15) is 5.11 Å². The number of aliphatic hydroxyl groups is 1. The zero-order valence-corrected chi connectivity index (χ0v) is 11.7. The second-order valence-corrected chi connectivity index (χ2v) is 5.63. The average molecular weight is 275 g/mol. The summed E-state index contributed by atoms with van der Waals surface area (Å²) in [6.07, 6.45) is 0.423. The first kappa shape index (κ1) is 12.4. The minimum absolute atomic E-state index is 0.314. The minimum Gasteiger partial charge on any atom is -0.391 e. The number of rotatable bonds is 1. The number of benzene rings is 3. The number of hydrogen-bond donors (Lipinski definition) is 1. The van der Waals surface area contributed by atoms with Crippen LogP contribution in [0.4, 0.5) is 11.4 Å². The summed E-state index contributed by atoms with van der Waals surface area (Å²) in [7, 11) is 0. The van der Waals surface area contributed by atoms with Crippen LogP contribution in [0.5, 0.6) is 0 Å². The van der Waals surface area contributed by atoms with Gasteiger partial charge in [-0.3, -0.25) is 0 Å². The van der Waals surface area contributed by atoms with Gasteiger partial charge in [0.15, 0.2) is 0 Å². The summed E-state index contributed by atoms with van der Waals surface area (Å²) >= 11 is 0. The second kappa shape index (κ2) is 4.90. The van der Waals surface area contributed by atoms with Crippen molar-refractivity contribution in [1.29, 1.82) is 0 Å². The Labute approximate surface area is 124 Å². The first-order valence-corrected chi connectivity index (χ1v) is 7.33. The smallest absolute Gasteiger partial charge is 0.0760 e. The highest BCUT2D eigenvalue weighted by atomic mass is 16.3. The first-order chi connectivity index (χ1) is 10.3. The molecule has 0 saturated carbocycles. The molecule has 21 heavy (non-hydrogen) atoms. The maximum atomic E-state index is 10.2. The molecule has 0 spiro atoms. The molecule has 2 nitrogen and oxygen atoms in total. The molecule has 1 N–H and O–H groups in total. The predicted molar refractivity (Wildman–Crippen MR) is 87.1 cm³/mol. The van der Waals surface area contributed by atoms with Gasteiger partial charge in [0, 0.05) is 24.3 Å². The fraction of sp³-hybridized carbons (Fsp3) is 0.158. The van der Waals surface area contributed by atoms with Crippen LogP contribution < -0.4 is 4.90 Å². The van der Waals surface area contributed by atoms with E-state index in [1.54, 1.807) is 0 Å². The molecule has 1 aliphatic rings. The lowest BCUT2D eigenvalue weighted by Crippen LogP contribution is -2.35. The molecule has 0 aromatic heterocycles. The van der Waals surface area contributed by atoms with Gasteiger partial charge in [0.25, 0.3) is 0 Å². The highest BCUT2D eigenvalue weighted by Gasteiger charge is 2.23. The molecule has 3 aromatic carbocycles. The van der Waals surface area contributed by atoms with Gasteiger partial charge < -0.3 is 10.0 Å². The zero-order chi connectivity index (χ0) is 14.2. The third-order valence-corrected chi connectivity index (χ3v) is 4.18. The largest absolute Gasteiger partial charge is 0.391 e. The monoisotopic (exact) mass is 275 g/mol. The molecule has 3 aromatic rings. The van der Waals surface area contributed by atoms with Gasteiger partial charge in [-0.25, -0.2) is 0 Å². The zero-order valence-electron chi connectivity index (χ0n) is 11.7. The normalized spacial score (nSPS) is 17.8. The van der Waals surface area contributed by atoms with E-state index in [1.807, 2.05) is 6.07 Å². The van der Waals surface area contributed by atoms with Crippen LogP contribution in [0.1, 0.15) is 5.56 Å². The van der Waals surface area contributed by atoms with Crippen molar-refractivity contribution < 1.29 is 5.11 Å². The van der Waals surface area contributed by atoms with E-state index in [0.29, 0.717) is 6.54 Å². The van der Waals surface area contributed by atoms with Crippen molar-refractivity contribution in [3.05, 3.63) is 72.3 Å². The topological polar surface area (TPSA) is 23.5 Å². The molecule has 4 rings (SSSR count). The van der Waals surface area contributed by atoms with Crippen LogP contribution in [0.2, 0.25) is 0 Å². The summed E-state index contributed by atoms with van der Waals surface area (Å²) < 4.78 is 0. The Morgan fingerprint density at radius 3 is 2.52 bits per heavy atom. The van der Waals surface area contributed by atoms with E-state index in [-0.39, 0.29) is 6.10 Å². The molecule has 1 unspecified atom stereocenters. The lowest BCUT2D eigenvalue weighted by atomic mass is 9.98. The van der Waals surface area contributed by atoms with Gasteiger partial charge in [0.05, 0.1) is 6.10 Å². The summed E-state index contributed by atoms with van der Waals surface area (Å²) in [4.78, 5) is 2.22. The van der Waals surface area contributed by atoms with Crippen LogP contribution in [-0.4, -0.2) is 17.8 Å². The van der Waals surface area contributed by atoms with Crippen molar-refractivity contribution in [2.45, 2.75) is 12.5 Å². The molecular formula is C19H17NO. The molecule has 0 amide bonds. The first-order valence-electron chi connectivity index (χ1n) is 7.33. The van der Waals surface area contributed by atoms with Gasteiger partial charge >= 0.3 is 0 Å². The van der Waals surface area contributed by atoms with E-state index in [1.165, 1.54) is 22.0 Å². The predicted octanol–water partition coefficient (Wildman–Crippen LogP) is 3.89. The SMILES string of the molecule is OC1Cc2ccccc2N(c2ccc3ccccc3c2)C1. The van der Waals surface area contributed by atoms with E-state index in [0.717, 1.165) is 12.1 Å². The van der Waals surface area contributed by atoms with Gasteiger partial charge in [0.1, 0.15) is 0 Å². The standard InChI is InChI=1S/C19H17NO/c21-18-12-16-7-3-4-8-19(16)20(13-18)17-10-9-14-5-1-2-6-15(14)11-17/h1-11,18,21H,12-13H2. The Morgan fingerprint density at radius 2 is 1.62 bits per heavy atom. The number of nitrogens with zero attached hydrogens (tertiary/aromatic N) is 1. The molecule has 0 aliphatic carbocycles. The minimum atomic E-state index is -0.314. The Balaban J connectivity index is 1.84. The Kier molecular flexibility index (Phi) is 2.90. The number of β-amino-alcohol motifs (C(OH)–C–C–N with tert-alkyl or cyclic N) is 1. The summed E-state index contributed by atoms with van der Waals surface area (Å²) in [6, 6.07) is 23.2. The molecule has 0 radical (unpaired) electrons. The molecular weight excluding hydrogens is 258 g/mol. The van der Waals surface area contributed by atoms with Gasteiger partial charge in [-0.15, -0.1) is 0 Å². The third-order valence-electron chi connectivity index (χ3n) is 4.18. The lowest BCUT2D eigenvalue weighted by molar-refractivity contribution is 0.178. The molecule has 0 bridgehead atoms. The van der Waals surface area contributed by atoms with Gasteiger partial charge in [-0.2, -0.15) is 0 Å². The molecule has 104 valence electrons. The summed E-state index contributed by atoms with van der Waals surface area (Å²) in [5, 5.41) is 12.6. The molecule has 2 heteroatoms. The maximum absolute atomic E-state index is 10.2. The number of fused-ring (bicyclic) bond motifs is 2. The van der Waals surface area contributed by atoms with E-state index < -0.39 is 0 Å². The summed E-state index contributed by atoms with van der Waals surface area (Å²) in [5.41, 5.74) is 3.56. The Morgan fingerprint density at radius 1 is 0.857 bits per heavy atom. The lowest BCUT2D eigenvalue weighted by Gasteiger charge is -2.34. The van der Waals surface area contributed by atoms with Crippen LogP contribution in [0.25, 0.3) is 10.8 Å². The maximum Gasteiger partial charge on any atom is 0.0760 e. The second-order valence-electron chi connectivity index (χ2n) is 5.63. The summed E-state index contributed by atoms with van der Waals surface area (Å²) in [6.45, 7) is 0.648. The Bertz CT molecular complexity index is 796. The Hall–Kier alpha value is -2.32. The van der Waals surface area contributed by atoms with Gasteiger partial charge in [-0.05, 0) is 34.5 Å². The van der Waals surface area contributed by atoms with Crippen molar-refractivity contribution >= 4 is 22.1 Å². The van der Waals surface area contributed by atoms with Crippen molar-refractivity contribution in [2.75, 3.05) is 11.4 Å². The number of para-hydroxylation sites is 1. The van der Waals surface area contributed by atoms with Crippen molar-refractivity contribution in [1.82, 2.24) is 0 Å².